The summed E-state index contributed by atoms with van der Waals surface area (Å²) in [4.78, 5) is 14.3. The number of carbonyl (C=O) groups is 1. The molecule has 1 aromatic carbocycles. The number of para-hydroxylation sites is 1. The van der Waals surface area contributed by atoms with Crippen LogP contribution in [-0.4, -0.2) is 37.4 Å². The van der Waals surface area contributed by atoms with Crippen molar-refractivity contribution in [2.24, 2.45) is 0 Å². The fourth-order valence-corrected chi connectivity index (χ4v) is 1.36. The van der Waals surface area contributed by atoms with Crippen LogP contribution in [-0.2, 0) is 0 Å². The summed E-state index contributed by atoms with van der Waals surface area (Å²) in [5, 5.41) is 0. The van der Waals surface area contributed by atoms with Crippen molar-refractivity contribution in [2.75, 3.05) is 21.2 Å². The van der Waals surface area contributed by atoms with Crippen LogP contribution in [0.5, 0.6) is 5.75 Å². The predicted molar refractivity (Wildman–Crippen MR) is 65.1 cm³/mol. The molecular weight excluding hydrogens is 202 g/mol. The lowest BCUT2D eigenvalue weighted by Gasteiger charge is -2.31. The lowest BCUT2D eigenvalue weighted by atomic mass is 9.91. The molecule has 1 aromatic rings. The minimum atomic E-state index is -0.533. The maximum absolute atomic E-state index is 12.4. The summed E-state index contributed by atoms with van der Waals surface area (Å²) in [6, 6.07) is 7.31. The molecule has 0 saturated carbocycles. The summed E-state index contributed by atoms with van der Waals surface area (Å²) in [5.74, 6) is 0.692. The maximum Gasteiger partial charge on any atom is 0.186 e. The van der Waals surface area contributed by atoms with Gasteiger partial charge in [0.05, 0.1) is 18.2 Å². The topological polar surface area (TPSA) is 29.5 Å². The number of methoxy groups -OCH3 is 1. The second-order valence-corrected chi connectivity index (χ2v) is 4.48. The molecule has 1 rings (SSSR count). The van der Waals surface area contributed by atoms with E-state index < -0.39 is 5.54 Å². The molecule has 0 aliphatic rings. The third kappa shape index (κ3) is 2.25. The number of carbonyl (C=O) groups excluding carboxylic acids is 1. The molecule has 0 bridgehead atoms. The van der Waals surface area contributed by atoms with Gasteiger partial charge in [0.15, 0.2) is 5.78 Å². The van der Waals surface area contributed by atoms with E-state index in [9.17, 15) is 4.79 Å². The molecule has 0 N–H and O–H groups in total. The molecule has 0 aliphatic heterocycles. The van der Waals surface area contributed by atoms with E-state index in [0.29, 0.717) is 11.3 Å². The zero-order valence-electron chi connectivity index (χ0n) is 10.6. The molecule has 16 heavy (non-hydrogen) atoms. The van der Waals surface area contributed by atoms with Crippen molar-refractivity contribution in [2.45, 2.75) is 19.4 Å². The number of rotatable bonds is 4. The van der Waals surface area contributed by atoms with Gasteiger partial charge in [-0.2, -0.15) is 0 Å². The Kier molecular flexibility index (Phi) is 3.70. The number of Topliss-reactive ketones (excluding diaryl/α,β-unsaturated/α-hetero) is 1. The molecule has 3 nitrogen and oxygen atoms in total. The van der Waals surface area contributed by atoms with Gasteiger partial charge < -0.3 is 4.74 Å². The monoisotopic (exact) mass is 221 g/mol. The fraction of sp³-hybridized carbons (Fsp3) is 0.462. The summed E-state index contributed by atoms with van der Waals surface area (Å²) in [6.45, 7) is 3.81. The molecule has 0 unspecified atom stereocenters. The normalized spacial score (nSPS) is 11.6. The third-order valence-corrected chi connectivity index (χ3v) is 3.03. The molecule has 0 heterocycles. The first-order valence-electron chi connectivity index (χ1n) is 5.26. The second-order valence-electron chi connectivity index (χ2n) is 4.48. The van der Waals surface area contributed by atoms with Crippen molar-refractivity contribution in [3.63, 3.8) is 0 Å². The molecule has 0 atom stereocenters. The zero-order valence-corrected chi connectivity index (χ0v) is 10.6. The van der Waals surface area contributed by atoms with Crippen molar-refractivity contribution < 1.29 is 9.53 Å². The van der Waals surface area contributed by atoms with E-state index in [-0.39, 0.29) is 5.78 Å². The van der Waals surface area contributed by atoms with E-state index in [1.165, 1.54) is 0 Å². The Morgan fingerprint density at radius 2 is 1.81 bits per heavy atom. The van der Waals surface area contributed by atoms with Crippen LogP contribution in [0.1, 0.15) is 24.2 Å². The molecule has 0 saturated heterocycles. The lowest BCUT2D eigenvalue weighted by Crippen LogP contribution is -2.45. The third-order valence-electron chi connectivity index (χ3n) is 3.03. The summed E-state index contributed by atoms with van der Waals surface area (Å²) in [7, 11) is 5.37. The largest absolute Gasteiger partial charge is 0.496 e. The average Bonchev–Trinajstić information content (AvgIpc) is 2.27. The van der Waals surface area contributed by atoms with Crippen molar-refractivity contribution in [3.8, 4) is 5.75 Å². The molecule has 0 amide bonds. The smallest absolute Gasteiger partial charge is 0.186 e. The van der Waals surface area contributed by atoms with E-state index in [4.69, 9.17) is 4.74 Å². The fourth-order valence-electron chi connectivity index (χ4n) is 1.36. The summed E-state index contributed by atoms with van der Waals surface area (Å²) in [6.07, 6.45) is 0. The molecular formula is C13H19NO2. The van der Waals surface area contributed by atoms with Crippen molar-refractivity contribution in [1.82, 2.24) is 4.90 Å². The Balaban J connectivity index is 3.14. The van der Waals surface area contributed by atoms with E-state index in [0.717, 1.165) is 0 Å². The highest BCUT2D eigenvalue weighted by molar-refractivity contribution is 6.04. The standard InChI is InChI=1S/C13H19NO2/c1-13(2,14(3)4)12(15)10-8-6-7-9-11(10)16-5/h6-9H,1-5H3. The Bertz CT molecular complexity index is 383. The number of nitrogens with zero attached hydrogens (tertiary/aromatic N) is 1. The summed E-state index contributed by atoms with van der Waals surface area (Å²) >= 11 is 0. The maximum atomic E-state index is 12.4. The quantitative estimate of drug-likeness (QED) is 0.730. The highest BCUT2D eigenvalue weighted by atomic mass is 16.5. The van der Waals surface area contributed by atoms with E-state index >= 15 is 0 Å². The number of benzene rings is 1. The number of hydrogen-bond donors (Lipinski definition) is 0. The Hall–Kier alpha value is -1.35. The Morgan fingerprint density at radius 1 is 1.25 bits per heavy atom. The Labute approximate surface area is 97.0 Å². The van der Waals surface area contributed by atoms with E-state index in [1.807, 2.05) is 45.0 Å². The first-order valence-corrected chi connectivity index (χ1v) is 5.26. The number of ether oxygens (including phenoxy) is 1. The van der Waals surface area contributed by atoms with Crippen LogP contribution in [0.4, 0.5) is 0 Å². The first-order chi connectivity index (χ1) is 7.41. The van der Waals surface area contributed by atoms with Crippen LogP contribution in [0.2, 0.25) is 0 Å². The average molecular weight is 221 g/mol. The minimum absolute atomic E-state index is 0.0648. The van der Waals surface area contributed by atoms with Gasteiger partial charge in [0.2, 0.25) is 0 Å². The van der Waals surface area contributed by atoms with Gasteiger partial charge in [0, 0.05) is 0 Å². The highest BCUT2D eigenvalue weighted by Gasteiger charge is 2.32. The summed E-state index contributed by atoms with van der Waals surface area (Å²) < 4.78 is 5.20. The van der Waals surface area contributed by atoms with Gasteiger partial charge in [0.25, 0.3) is 0 Å². The van der Waals surface area contributed by atoms with Gasteiger partial charge in [-0.05, 0) is 40.1 Å². The van der Waals surface area contributed by atoms with Crippen molar-refractivity contribution in [3.05, 3.63) is 29.8 Å². The van der Waals surface area contributed by atoms with Crippen LogP contribution in [0, 0.1) is 0 Å². The molecule has 0 spiro atoms. The van der Waals surface area contributed by atoms with Gasteiger partial charge >= 0.3 is 0 Å². The minimum Gasteiger partial charge on any atom is -0.496 e. The van der Waals surface area contributed by atoms with Crippen LogP contribution in [0.15, 0.2) is 24.3 Å². The molecule has 88 valence electrons. The van der Waals surface area contributed by atoms with Gasteiger partial charge in [-0.3, -0.25) is 9.69 Å². The van der Waals surface area contributed by atoms with E-state index in [2.05, 4.69) is 0 Å². The SMILES string of the molecule is COc1ccccc1C(=O)C(C)(C)N(C)C. The molecule has 3 heteroatoms. The van der Waals surface area contributed by atoms with Gasteiger partial charge in [0.1, 0.15) is 5.75 Å². The van der Waals surface area contributed by atoms with Gasteiger partial charge in [-0.15, -0.1) is 0 Å². The number of likely N-dealkylation sites (N-methyl/N-ethyl adjacent to an activating group) is 1. The highest BCUT2D eigenvalue weighted by Crippen LogP contribution is 2.24. The number of ketones is 1. The molecule has 0 aliphatic carbocycles. The van der Waals surface area contributed by atoms with Crippen molar-refractivity contribution in [1.29, 1.82) is 0 Å². The van der Waals surface area contributed by atoms with Crippen LogP contribution in [0.25, 0.3) is 0 Å². The first kappa shape index (κ1) is 12.7. The van der Waals surface area contributed by atoms with E-state index in [1.54, 1.807) is 19.2 Å². The molecule has 0 aromatic heterocycles. The van der Waals surface area contributed by atoms with Crippen LogP contribution in [0.3, 0.4) is 0 Å². The van der Waals surface area contributed by atoms with Gasteiger partial charge in [-0.25, -0.2) is 0 Å². The van der Waals surface area contributed by atoms with Gasteiger partial charge in [-0.1, -0.05) is 12.1 Å². The van der Waals surface area contributed by atoms with Crippen molar-refractivity contribution >= 4 is 5.78 Å². The Morgan fingerprint density at radius 3 is 2.31 bits per heavy atom. The van der Waals surface area contributed by atoms with Crippen LogP contribution < -0.4 is 4.74 Å². The molecule has 0 radical (unpaired) electrons. The predicted octanol–water partition coefficient (Wildman–Crippen LogP) is 2.22. The molecule has 0 fully saturated rings. The zero-order chi connectivity index (χ0) is 12.3. The number of hydrogen-bond acceptors (Lipinski definition) is 3. The summed E-state index contributed by atoms with van der Waals surface area (Å²) in [5.41, 5.74) is 0.0953. The lowest BCUT2D eigenvalue weighted by molar-refractivity contribution is 0.0752. The second kappa shape index (κ2) is 4.66. The van der Waals surface area contributed by atoms with Crippen LogP contribution >= 0.6 is 0 Å².